The Hall–Kier alpha value is -2.15. The predicted octanol–water partition coefficient (Wildman–Crippen LogP) is 1.72. The van der Waals surface area contributed by atoms with Gasteiger partial charge in [-0.1, -0.05) is 6.92 Å². The maximum absolute atomic E-state index is 5.40. The summed E-state index contributed by atoms with van der Waals surface area (Å²) in [5.41, 5.74) is 1.03. The lowest BCUT2D eigenvalue weighted by atomic mass is 10.1. The third-order valence-electron chi connectivity index (χ3n) is 4.78. The number of hydrogen-bond donors (Lipinski definition) is 2. The van der Waals surface area contributed by atoms with E-state index in [-0.39, 0.29) is 0 Å². The zero-order valence-electron chi connectivity index (χ0n) is 16.6. The topological polar surface area (TPSA) is 67.4 Å². The highest BCUT2D eigenvalue weighted by Crippen LogP contribution is 2.38. The van der Waals surface area contributed by atoms with Crippen LogP contribution in [0, 0.1) is 5.92 Å². The van der Waals surface area contributed by atoms with Gasteiger partial charge in [-0.25, -0.2) is 0 Å². The Labute approximate surface area is 156 Å². The van der Waals surface area contributed by atoms with E-state index in [1.165, 1.54) is 13.0 Å². The van der Waals surface area contributed by atoms with Crippen LogP contribution >= 0.6 is 0 Å². The molecule has 1 fully saturated rings. The molecule has 1 unspecified atom stereocenters. The van der Waals surface area contributed by atoms with Crippen LogP contribution in [0.15, 0.2) is 17.1 Å². The van der Waals surface area contributed by atoms with E-state index in [4.69, 9.17) is 14.2 Å². The number of rotatable bonds is 8. The minimum atomic E-state index is 0.600. The minimum absolute atomic E-state index is 0.600. The maximum atomic E-state index is 5.40. The fourth-order valence-electron chi connectivity index (χ4n) is 3.25. The molecule has 0 saturated carbocycles. The molecule has 2 rings (SSSR count). The van der Waals surface area contributed by atoms with Gasteiger partial charge in [0.2, 0.25) is 5.75 Å². The van der Waals surface area contributed by atoms with Gasteiger partial charge in [0.25, 0.3) is 0 Å². The Kier molecular flexibility index (Phi) is 7.84. The normalized spacial score (nSPS) is 17.9. The van der Waals surface area contributed by atoms with Crippen molar-refractivity contribution in [1.29, 1.82) is 0 Å². The number of aliphatic imine (C=N–C) groups is 1. The summed E-state index contributed by atoms with van der Waals surface area (Å²) in [5.74, 6) is 3.38. The molecular formula is C19H32N4O3. The van der Waals surface area contributed by atoms with Crippen molar-refractivity contribution in [3.8, 4) is 17.2 Å². The molecule has 7 nitrogen and oxygen atoms in total. The summed E-state index contributed by atoms with van der Waals surface area (Å²) in [6, 6.07) is 3.88. The zero-order valence-corrected chi connectivity index (χ0v) is 16.6. The number of benzene rings is 1. The first-order valence-corrected chi connectivity index (χ1v) is 9.10. The average molecular weight is 364 g/mol. The number of guanidine groups is 1. The smallest absolute Gasteiger partial charge is 0.203 e. The van der Waals surface area contributed by atoms with Crippen LogP contribution in [-0.2, 0) is 6.54 Å². The monoisotopic (exact) mass is 364 g/mol. The number of hydrogen-bond acceptors (Lipinski definition) is 5. The molecule has 1 atom stereocenters. The summed E-state index contributed by atoms with van der Waals surface area (Å²) in [6.45, 7) is 7.25. The second-order valence-corrected chi connectivity index (χ2v) is 6.39. The largest absolute Gasteiger partial charge is 0.493 e. The molecule has 2 N–H and O–H groups in total. The number of nitrogens with zero attached hydrogens (tertiary/aromatic N) is 2. The molecule has 7 heteroatoms. The Bertz CT molecular complexity index is 581. The van der Waals surface area contributed by atoms with Gasteiger partial charge in [0, 0.05) is 26.7 Å². The molecule has 1 heterocycles. The van der Waals surface area contributed by atoms with E-state index in [2.05, 4.69) is 27.4 Å². The highest BCUT2D eigenvalue weighted by molar-refractivity contribution is 5.79. The van der Waals surface area contributed by atoms with Crippen LogP contribution in [0.5, 0.6) is 17.2 Å². The van der Waals surface area contributed by atoms with Crippen molar-refractivity contribution in [2.24, 2.45) is 10.9 Å². The van der Waals surface area contributed by atoms with Gasteiger partial charge in [0.15, 0.2) is 17.5 Å². The first kappa shape index (κ1) is 20.2. The lowest BCUT2D eigenvalue weighted by molar-refractivity contribution is 0.323. The van der Waals surface area contributed by atoms with E-state index in [0.717, 1.165) is 31.2 Å². The van der Waals surface area contributed by atoms with Gasteiger partial charge in [-0.2, -0.15) is 0 Å². The lowest BCUT2D eigenvalue weighted by Gasteiger charge is -2.17. The molecule has 146 valence electrons. The van der Waals surface area contributed by atoms with Crippen molar-refractivity contribution in [2.45, 2.75) is 19.9 Å². The number of methoxy groups -OCH3 is 3. The third-order valence-corrected chi connectivity index (χ3v) is 4.78. The molecular weight excluding hydrogens is 332 g/mol. The molecule has 0 bridgehead atoms. The molecule has 1 aliphatic heterocycles. The van der Waals surface area contributed by atoms with Crippen molar-refractivity contribution in [1.82, 2.24) is 15.5 Å². The molecule has 1 aliphatic rings. The van der Waals surface area contributed by atoms with Gasteiger partial charge in [0.05, 0.1) is 21.3 Å². The highest BCUT2D eigenvalue weighted by atomic mass is 16.5. The van der Waals surface area contributed by atoms with E-state index in [0.29, 0.717) is 29.7 Å². The minimum Gasteiger partial charge on any atom is -0.493 e. The molecule has 0 amide bonds. The Morgan fingerprint density at radius 2 is 1.85 bits per heavy atom. The molecule has 26 heavy (non-hydrogen) atoms. The Balaban J connectivity index is 1.91. The van der Waals surface area contributed by atoms with Crippen LogP contribution in [0.3, 0.4) is 0 Å². The molecule has 0 spiro atoms. The highest BCUT2D eigenvalue weighted by Gasteiger charge is 2.21. The van der Waals surface area contributed by atoms with Crippen LogP contribution in [0.1, 0.15) is 18.9 Å². The summed E-state index contributed by atoms with van der Waals surface area (Å²) >= 11 is 0. The van der Waals surface area contributed by atoms with Gasteiger partial charge < -0.3 is 29.7 Å². The van der Waals surface area contributed by atoms with Gasteiger partial charge in [-0.15, -0.1) is 0 Å². The summed E-state index contributed by atoms with van der Waals surface area (Å²) in [5, 5.41) is 6.78. The van der Waals surface area contributed by atoms with Gasteiger partial charge in [0.1, 0.15) is 0 Å². The summed E-state index contributed by atoms with van der Waals surface area (Å²) in [7, 11) is 6.64. The summed E-state index contributed by atoms with van der Waals surface area (Å²) in [6.07, 6.45) is 1.24. The molecule has 1 saturated heterocycles. The first-order chi connectivity index (χ1) is 12.6. The molecule has 1 aromatic carbocycles. The van der Waals surface area contributed by atoms with E-state index < -0.39 is 0 Å². The number of likely N-dealkylation sites (tertiary alicyclic amines) is 1. The van der Waals surface area contributed by atoms with Crippen molar-refractivity contribution in [3.05, 3.63) is 17.7 Å². The Morgan fingerprint density at radius 1 is 1.15 bits per heavy atom. The number of nitrogens with one attached hydrogen (secondary N) is 2. The van der Waals surface area contributed by atoms with Crippen LogP contribution < -0.4 is 24.8 Å². The molecule has 1 aromatic rings. The van der Waals surface area contributed by atoms with Crippen LogP contribution in [0.2, 0.25) is 0 Å². The van der Waals surface area contributed by atoms with Gasteiger partial charge >= 0.3 is 0 Å². The average Bonchev–Trinajstić information content (AvgIpc) is 3.15. The van der Waals surface area contributed by atoms with E-state index >= 15 is 0 Å². The van der Waals surface area contributed by atoms with Crippen molar-refractivity contribution >= 4 is 5.96 Å². The lowest BCUT2D eigenvalue weighted by Crippen LogP contribution is -2.39. The molecule has 0 aliphatic carbocycles. The molecule has 0 aromatic heterocycles. The fourth-order valence-corrected chi connectivity index (χ4v) is 3.25. The second-order valence-electron chi connectivity index (χ2n) is 6.39. The standard InChI is InChI=1S/C19H32N4O3/c1-6-23-8-7-14(13-23)11-21-19(20-2)22-12-15-9-16(24-3)18(26-5)17(10-15)25-4/h9-10,14H,6-8,11-13H2,1-5H3,(H2,20,21,22). The van der Waals surface area contributed by atoms with E-state index in [9.17, 15) is 0 Å². The maximum Gasteiger partial charge on any atom is 0.203 e. The molecule has 0 radical (unpaired) electrons. The van der Waals surface area contributed by atoms with Crippen molar-refractivity contribution in [3.63, 3.8) is 0 Å². The quantitative estimate of drug-likeness (QED) is 0.541. The van der Waals surface area contributed by atoms with Gasteiger partial charge in [-0.3, -0.25) is 4.99 Å². The fraction of sp³-hybridized carbons (Fsp3) is 0.632. The van der Waals surface area contributed by atoms with E-state index in [1.54, 1.807) is 28.4 Å². The first-order valence-electron chi connectivity index (χ1n) is 9.10. The van der Waals surface area contributed by atoms with E-state index in [1.807, 2.05) is 12.1 Å². The SMILES string of the molecule is CCN1CCC(CNC(=NC)NCc2cc(OC)c(OC)c(OC)c2)C1. The predicted molar refractivity (Wildman–Crippen MR) is 105 cm³/mol. The van der Waals surface area contributed by atoms with Gasteiger partial charge in [-0.05, 0) is 43.1 Å². The zero-order chi connectivity index (χ0) is 18.9. The van der Waals surface area contributed by atoms with Crippen LogP contribution in [0.25, 0.3) is 0 Å². The summed E-state index contributed by atoms with van der Waals surface area (Å²) in [4.78, 5) is 6.80. The van der Waals surface area contributed by atoms with Crippen LogP contribution in [0.4, 0.5) is 0 Å². The Morgan fingerprint density at radius 3 is 2.35 bits per heavy atom. The third kappa shape index (κ3) is 5.17. The van der Waals surface area contributed by atoms with Crippen molar-refractivity contribution in [2.75, 3.05) is 54.6 Å². The van der Waals surface area contributed by atoms with Crippen LogP contribution in [-0.4, -0.2) is 65.4 Å². The second kappa shape index (κ2) is 10.1. The van der Waals surface area contributed by atoms with Crippen molar-refractivity contribution < 1.29 is 14.2 Å². The summed E-state index contributed by atoms with van der Waals surface area (Å²) < 4.78 is 16.2. The number of ether oxygens (including phenoxy) is 3.